The first-order valence-electron chi connectivity index (χ1n) is 3.65. The zero-order valence-electron chi connectivity index (χ0n) is 7.19. The van der Waals surface area contributed by atoms with Gasteiger partial charge in [-0.1, -0.05) is 0 Å². The highest BCUT2D eigenvalue weighted by Crippen LogP contribution is 1.86. The van der Waals surface area contributed by atoms with E-state index in [2.05, 4.69) is 5.43 Å². The third-order valence-electron chi connectivity index (χ3n) is 1.18. The van der Waals surface area contributed by atoms with Crippen molar-refractivity contribution in [2.75, 3.05) is 6.54 Å². The molecule has 0 aromatic heterocycles. The molecule has 6 N–H and O–H groups in total. The first-order valence-corrected chi connectivity index (χ1v) is 3.65. The molecule has 0 aliphatic heterocycles. The summed E-state index contributed by atoms with van der Waals surface area (Å²) >= 11 is 0. The zero-order chi connectivity index (χ0) is 11.1. The minimum atomic E-state index is -1.20. The van der Waals surface area contributed by atoms with Gasteiger partial charge in [-0.05, 0) is 0 Å². The maximum atomic E-state index is 10.9. The summed E-state index contributed by atoms with van der Waals surface area (Å²) in [5.41, 5.74) is 9.18. The number of hydrogen-bond acceptors (Lipinski definition) is 5. The van der Waals surface area contributed by atoms with Gasteiger partial charge in [0.05, 0.1) is 12.5 Å². The summed E-state index contributed by atoms with van der Waals surface area (Å²) in [5.74, 6) is -3.13. The number of nitrogens with one attached hydrogen (secondary N) is 2. The predicted molar refractivity (Wildman–Crippen MR) is 44.0 cm³/mol. The molecule has 0 heterocycles. The molecule has 8 heteroatoms. The van der Waals surface area contributed by atoms with Crippen molar-refractivity contribution in [1.82, 2.24) is 10.9 Å². The number of carboxylic acid groups (broad SMARTS) is 2. The molecule has 0 saturated carbocycles. The van der Waals surface area contributed by atoms with E-state index in [1.807, 2.05) is 5.43 Å². The fraction of sp³-hybridized carbons (Fsp3) is 0.500. The Bertz CT molecular complexity index is 242. The van der Waals surface area contributed by atoms with Crippen LogP contribution >= 0.6 is 0 Å². The third-order valence-corrected chi connectivity index (χ3v) is 1.18. The fourth-order valence-electron chi connectivity index (χ4n) is 0.580. The first kappa shape index (κ1) is 12.3. The number of aliphatic carboxylic acids is 2. The number of carbonyl (C=O) groups excluding carboxylic acids is 1. The molecule has 8 nitrogen and oxygen atoms in total. The van der Waals surface area contributed by atoms with Crippen LogP contribution < -0.4 is 16.6 Å². The van der Waals surface area contributed by atoms with Gasteiger partial charge in [-0.3, -0.25) is 19.8 Å². The number of hydrogen-bond donors (Lipinski definition) is 5. The minimum absolute atomic E-state index is 0.467. The highest BCUT2D eigenvalue weighted by Gasteiger charge is 2.16. The standard InChI is InChI=1S/C6H11N3O5/c7-3(1-4(10)11)6(14)9-8-2-5(12)13/h3,8H,1-2,7H2,(H,9,14)(H,10,11)(H,12,13)/t3-/m0/s1. The van der Waals surface area contributed by atoms with E-state index in [0.717, 1.165) is 0 Å². The summed E-state index contributed by atoms with van der Waals surface area (Å²) < 4.78 is 0. The molecule has 0 saturated heterocycles. The molecule has 0 radical (unpaired) electrons. The number of carbonyl (C=O) groups is 3. The summed E-state index contributed by atoms with van der Waals surface area (Å²) in [5, 5.41) is 16.4. The number of amides is 1. The van der Waals surface area contributed by atoms with Gasteiger partial charge in [-0.15, -0.1) is 0 Å². The lowest BCUT2D eigenvalue weighted by molar-refractivity contribution is -0.140. The molecule has 0 aromatic rings. The summed E-state index contributed by atoms with van der Waals surface area (Å²) in [6.07, 6.45) is -0.513. The molecule has 0 spiro atoms. The maximum Gasteiger partial charge on any atom is 0.319 e. The van der Waals surface area contributed by atoms with Gasteiger partial charge in [0.25, 0.3) is 5.91 Å². The molecule has 0 unspecified atom stereocenters. The molecule has 0 bridgehead atoms. The number of rotatable bonds is 6. The van der Waals surface area contributed by atoms with Crippen LogP contribution in [0.5, 0.6) is 0 Å². The van der Waals surface area contributed by atoms with Crippen molar-refractivity contribution in [2.45, 2.75) is 12.5 Å². The van der Waals surface area contributed by atoms with Crippen LogP contribution in [0, 0.1) is 0 Å². The van der Waals surface area contributed by atoms with Gasteiger partial charge in [0.15, 0.2) is 0 Å². The monoisotopic (exact) mass is 205 g/mol. The smallest absolute Gasteiger partial charge is 0.319 e. The number of nitrogens with two attached hydrogens (primary N) is 1. The summed E-state index contributed by atoms with van der Waals surface area (Å²) in [6, 6.07) is -1.20. The van der Waals surface area contributed by atoms with Crippen molar-refractivity contribution in [3.8, 4) is 0 Å². The van der Waals surface area contributed by atoms with Crippen LogP contribution in [0.15, 0.2) is 0 Å². The highest BCUT2D eigenvalue weighted by molar-refractivity contribution is 5.85. The normalized spacial score (nSPS) is 11.8. The lowest BCUT2D eigenvalue weighted by Gasteiger charge is -2.09. The van der Waals surface area contributed by atoms with Crippen molar-refractivity contribution < 1.29 is 24.6 Å². The molecule has 14 heavy (non-hydrogen) atoms. The number of hydrazine groups is 1. The van der Waals surface area contributed by atoms with E-state index >= 15 is 0 Å². The van der Waals surface area contributed by atoms with E-state index in [1.165, 1.54) is 0 Å². The van der Waals surface area contributed by atoms with Gasteiger partial charge in [0, 0.05) is 0 Å². The van der Waals surface area contributed by atoms with Crippen molar-refractivity contribution in [1.29, 1.82) is 0 Å². The van der Waals surface area contributed by atoms with Crippen molar-refractivity contribution in [2.24, 2.45) is 5.73 Å². The van der Waals surface area contributed by atoms with Crippen LogP contribution in [0.2, 0.25) is 0 Å². The van der Waals surface area contributed by atoms with Crippen molar-refractivity contribution >= 4 is 17.8 Å². The Morgan fingerprint density at radius 2 is 1.79 bits per heavy atom. The zero-order valence-corrected chi connectivity index (χ0v) is 7.19. The average molecular weight is 205 g/mol. The molecule has 0 aromatic carbocycles. The number of carboxylic acids is 2. The summed E-state index contributed by atoms with van der Waals surface area (Å²) in [6.45, 7) is -0.467. The molecule has 1 atom stereocenters. The van der Waals surface area contributed by atoms with Gasteiger partial charge >= 0.3 is 11.9 Å². The SMILES string of the molecule is N[C@@H](CC(=O)O)C(=O)NNCC(=O)O. The van der Waals surface area contributed by atoms with Gasteiger partial charge in [0.1, 0.15) is 6.54 Å². The van der Waals surface area contributed by atoms with E-state index in [0.29, 0.717) is 0 Å². The Morgan fingerprint density at radius 3 is 2.21 bits per heavy atom. The Labute approximate surface area is 79.0 Å². The topological polar surface area (TPSA) is 142 Å². The Hall–Kier alpha value is -1.67. The van der Waals surface area contributed by atoms with Crippen LogP contribution in [0.25, 0.3) is 0 Å². The average Bonchev–Trinajstić information content (AvgIpc) is 2.01. The fourth-order valence-corrected chi connectivity index (χ4v) is 0.580. The van der Waals surface area contributed by atoms with Crippen LogP contribution in [-0.2, 0) is 14.4 Å². The minimum Gasteiger partial charge on any atom is -0.481 e. The molecule has 0 aliphatic rings. The van der Waals surface area contributed by atoms with E-state index < -0.39 is 36.9 Å². The van der Waals surface area contributed by atoms with Crippen LogP contribution in [-0.4, -0.2) is 40.6 Å². The third kappa shape index (κ3) is 5.91. The van der Waals surface area contributed by atoms with Gasteiger partial charge < -0.3 is 15.9 Å². The quantitative estimate of drug-likeness (QED) is 0.301. The van der Waals surface area contributed by atoms with E-state index in [9.17, 15) is 14.4 Å². The van der Waals surface area contributed by atoms with E-state index in [-0.39, 0.29) is 0 Å². The van der Waals surface area contributed by atoms with Gasteiger partial charge in [-0.25, -0.2) is 5.43 Å². The van der Waals surface area contributed by atoms with Crippen molar-refractivity contribution in [3.05, 3.63) is 0 Å². The molecular formula is C6H11N3O5. The molecule has 0 aliphatic carbocycles. The van der Waals surface area contributed by atoms with Crippen LogP contribution in [0.4, 0.5) is 0 Å². The molecule has 1 amide bonds. The lowest BCUT2D eigenvalue weighted by Crippen LogP contribution is -2.49. The first-order chi connectivity index (χ1) is 6.43. The molecule has 0 rings (SSSR count). The summed E-state index contributed by atoms with van der Waals surface area (Å²) in [4.78, 5) is 31.0. The maximum absolute atomic E-state index is 10.9. The molecular weight excluding hydrogens is 194 g/mol. The Morgan fingerprint density at radius 1 is 1.21 bits per heavy atom. The largest absolute Gasteiger partial charge is 0.481 e. The van der Waals surface area contributed by atoms with Crippen LogP contribution in [0.3, 0.4) is 0 Å². The van der Waals surface area contributed by atoms with E-state index in [4.69, 9.17) is 15.9 Å². The predicted octanol–water partition coefficient (Wildman–Crippen LogP) is -2.51. The second-order valence-corrected chi connectivity index (χ2v) is 2.44. The van der Waals surface area contributed by atoms with Gasteiger partial charge in [0.2, 0.25) is 0 Å². The summed E-state index contributed by atoms with van der Waals surface area (Å²) in [7, 11) is 0. The Balaban J connectivity index is 3.73. The van der Waals surface area contributed by atoms with Gasteiger partial charge in [-0.2, -0.15) is 0 Å². The van der Waals surface area contributed by atoms with Crippen LogP contribution in [0.1, 0.15) is 6.42 Å². The second-order valence-electron chi connectivity index (χ2n) is 2.44. The second kappa shape index (κ2) is 5.89. The van der Waals surface area contributed by atoms with Crippen molar-refractivity contribution in [3.63, 3.8) is 0 Å². The molecule has 0 fully saturated rings. The van der Waals surface area contributed by atoms with E-state index in [1.54, 1.807) is 0 Å². The highest BCUT2D eigenvalue weighted by atomic mass is 16.4. The molecule has 80 valence electrons. The lowest BCUT2D eigenvalue weighted by atomic mass is 10.2. The Kier molecular flexibility index (Phi) is 5.19.